The third kappa shape index (κ3) is 6.88. The van der Waals surface area contributed by atoms with Crippen molar-refractivity contribution in [2.24, 2.45) is 0 Å². The highest BCUT2D eigenvalue weighted by molar-refractivity contribution is 5.77. The number of carbonyl (C=O) groups excluding carboxylic acids is 1. The summed E-state index contributed by atoms with van der Waals surface area (Å²) < 4.78 is 16.4. The fraction of sp³-hybridized carbons (Fsp3) is 0.208. The Morgan fingerprint density at radius 3 is 2.03 bits per heavy atom. The second-order valence-electron chi connectivity index (χ2n) is 6.48. The number of amides is 1. The van der Waals surface area contributed by atoms with Crippen LogP contribution in [0.4, 0.5) is 0 Å². The van der Waals surface area contributed by atoms with E-state index in [1.165, 1.54) is 0 Å². The van der Waals surface area contributed by atoms with Crippen molar-refractivity contribution < 1.29 is 19.0 Å². The fourth-order valence-electron chi connectivity index (χ4n) is 2.71. The lowest BCUT2D eigenvalue weighted by Gasteiger charge is -2.09. The van der Waals surface area contributed by atoms with Crippen LogP contribution in [0.15, 0.2) is 78.9 Å². The zero-order valence-electron chi connectivity index (χ0n) is 16.5. The molecule has 0 saturated carbocycles. The van der Waals surface area contributed by atoms with Crippen molar-refractivity contribution in [3.8, 4) is 17.2 Å². The maximum atomic E-state index is 12.0. The van der Waals surface area contributed by atoms with E-state index in [-0.39, 0.29) is 12.5 Å². The summed E-state index contributed by atoms with van der Waals surface area (Å²) in [6.07, 6.45) is 0.753. The molecule has 1 amide bonds. The molecule has 5 nitrogen and oxygen atoms in total. The molecule has 0 aliphatic rings. The van der Waals surface area contributed by atoms with Gasteiger partial charge in [0.05, 0.1) is 7.11 Å². The van der Waals surface area contributed by atoms with Crippen molar-refractivity contribution in [3.05, 3.63) is 90.0 Å². The van der Waals surface area contributed by atoms with Gasteiger partial charge < -0.3 is 19.5 Å². The summed E-state index contributed by atoms with van der Waals surface area (Å²) >= 11 is 0. The van der Waals surface area contributed by atoms with Crippen LogP contribution in [-0.2, 0) is 17.8 Å². The van der Waals surface area contributed by atoms with Crippen LogP contribution in [0.5, 0.6) is 17.2 Å². The summed E-state index contributed by atoms with van der Waals surface area (Å²) in [5.41, 5.74) is 2.25. The van der Waals surface area contributed by atoms with E-state index in [0.29, 0.717) is 18.9 Å². The smallest absolute Gasteiger partial charge is 0.257 e. The molecule has 3 aromatic carbocycles. The highest BCUT2D eigenvalue weighted by Crippen LogP contribution is 2.18. The van der Waals surface area contributed by atoms with Gasteiger partial charge in [-0.1, -0.05) is 42.5 Å². The van der Waals surface area contributed by atoms with Gasteiger partial charge in [0, 0.05) is 6.54 Å². The molecule has 3 aromatic rings. The van der Waals surface area contributed by atoms with Crippen molar-refractivity contribution in [1.82, 2.24) is 5.32 Å². The predicted octanol–water partition coefficient (Wildman–Crippen LogP) is 4.01. The molecule has 5 heteroatoms. The van der Waals surface area contributed by atoms with E-state index >= 15 is 0 Å². The van der Waals surface area contributed by atoms with Crippen LogP contribution in [0, 0.1) is 0 Å². The molecule has 0 aliphatic carbocycles. The summed E-state index contributed by atoms with van der Waals surface area (Å²) in [5, 5.41) is 2.86. The molecule has 150 valence electrons. The highest BCUT2D eigenvalue weighted by Gasteiger charge is 2.04. The molecule has 0 atom stereocenters. The molecule has 0 bridgehead atoms. The van der Waals surface area contributed by atoms with E-state index in [2.05, 4.69) is 5.32 Å². The second-order valence-corrected chi connectivity index (χ2v) is 6.48. The molecule has 0 aromatic heterocycles. The summed E-state index contributed by atoms with van der Waals surface area (Å²) in [6, 6.07) is 25.0. The summed E-state index contributed by atoms with van der Waals surface area (Å²) in [6.45, 7) is 1.05. The molecule has 0 spiro atoms. The minimum absolute atomic E-state index is 0.0210. The molecule has 0 saturated heterocycles. The van der Waals surface area contributed by atoms with Crippen LogP contribution in [0.25, 0.3) is 0 Å². The van der Waals surface area contributed by atoms with Gasteiger partial charge in [0.2, 0.25) is 0 Å². The third-order valence-electron chi connectivity index (χ3n) is 4.34. The van der Waals surface area contributed by atoms with Gasteiger partial charge in [0.25, 0.3) is 5.91 Å². The maximum Gasteiger partial charge on any atom is 0.257 e. The van der Waals surface area contributed by atoms with Gasteiger partial charge in [-0.25, -0.2) is 0 Å². The molecule has 3 rings (SSSR count). The van der Waals surface area contributed by atoms with Crippen LogP contribution in [0.1, 0.15) is 11.1 Å². The number of carbonyl (C=O) groups is 1. The number of nitrogens with one attached hydrogen (secondary N) is 1. The molecule has 0 fully saturated rings. The number of benzene rings is 3. The lowest BCUT2D eigenvalue weighted by molar-refractivity contribution is -0.123. The molecule has 0 unspecified atom stereocenters. The molecular weight excluding hydrogens is 366 g/mol. The number of hydrogen-bond acceptors (Lipinski definition) is 4. The van der Waals surface area contributed by atoms with Crippen LogP contribution >= 0.6 is 0 Å². The van der Waals surface area contributed by atoms with Crippen LogP contribution in [0.2, 0.25) is 0 Å². The normalized spacial score (nSPS) is 10.2. The molecule has 0 heterocycles. The lowest BCUT2D eigenvalue weighted by Crippen LogP contribution is -2.30. The molecule has 0 radical (unpaired) electrons. The minimum atomic E-state index is -0.150. The van der Waals surface area contributed by atoms with E-state index in [9.17, 15) is 4.79 Å². The predicted molar refractivity (Wildman–Crippen MR) is 112 cm³/mol. The van der Waals surface area contributed by atoms with Gasteiger partial charge in [-0.05, 0) is 53.9 Å². The van der Waals surface area contributed by atoms with Gasteiger partial charge in [-0.3, -0.25) is 4.79 Å². The van der Waals surface area contributed by atoms with Crippen molar-refractivity contribution >= 4 is 5.91 Å². The summed E-state index contributed by atoms with van der Waals surface area (Å²) in [7, 11) is 1.64. The van der Waals surface area contributed by atoms with E-state index in [4.69, 9.17) is 14.2 Å². The first-order valence-corrected chi connectivity index (χ1v) is 9.52. The molecule has 29 heavy (non-hydrogen) atoms. The van der Waals surface area contributed by atoms with Crippen molar-refractivity contribution in [1.29, 1.82) is 0 Å². The van der Waals surface area contributed by atoms with Crippen molar-refractivity contribution in [2.45, 2.75) is 13.0 Å². The standard InChI is InChI=1S/C24H25NO4/c1-27-21-9-7-19(8-10-21)15-16-25-24(26)18-29-23-13-11-22(12-14-23)28-17-20-5-3-2-4-6-20/h2-14H,15-18H2,1H3,(H,25,26). The van der Waals surface area contributed by atoms with Crippen molar-refractivity contribution in [3.63, 3.8) is 0 Å². The van der Waals surface area contributed by atoms with E-state index in [1.54, 1.807) is 19.2 Å². The van der Waals surface area contributed by atoms with Gasteiger partial charge in [0.15, 0.2) is 6.61 Å². The van der Waals surface area contributed by atoms with Gasteiger partial charge in [0.1, 0.15) is 23.9 Å². The number of hydrogen-bond donors (Lipinski definition) is 1. The van der Waals surface area contributed by atoms with Gasteiger partial charge >= 0.3 is 0 Å². The zero-order valence-corrected chi connectivity index (χ0v) is 16.5. The maximum absolute atomic E-state index is 12.0. The summed E-state index contributed by atoms with van der Waals surface area (Å²) in [4.78, 5) is 12.0. The van der Waals surface area contributed by atoms with Crippen LogP contribution in [0.3, 0.4) is 0 Å². The van der Waals surface area contributed by atoms with Crippen molar-refractivity contribution in [2.75, 3.05) is 20.3 Å². The Kier molecular flexibility index (Phi) is 7.52. The minimum Gasteiger partial charge on any atom is -0.497 e. The Morgan fingerprint density at radius 1 is 0.759 bits per heavy atom. The van der Waals surface area contributed by atoms with Gasteiger partial charge in [-0.2, -0.15) is 0 Å². The molecule has 1 N–H and O–H groups in total. The van der Waals surface area contributed by atoms with E-state index < -0.39 is 0 Å². The fourth-order valence-corrected chi connectivity index (χ4v) is 2.71. The largest absolute Gasteiger partial charge is 0.497 e. The molecule has 0 aliphatic heterocycles. The van der Waals surface area contributed by atoms with Crippen LogP contribution < -0.4 is 19.5 Å². The van der Waals surface area contributed by atoms with Crippen LogP contribution in [-0.4, -0.2) is 26.2 Å². The molecular formula is C24H25NO4. The zero-order chi connectivity index (χ0) is 20.3. The Bertz CT molecular complexity index is 877. The van der Waals surface area contributed by atoms with Gasteiger partial charge in [-0.15, -0.1) is 0 Å². The Labute approximate surface area is 171 Å². The first kappa shape index (κ1) is 20.3. The second kappa shape index (κ2) is 10.8. The Hall–Kier alpha value is -3.47. The monoisotopic (exact) mass is 391 g/mol. The Balaban J connectivity index is 1.35. The topological polar surface area (TPSA) is 56.8 Å². The number of methoxy groups -OCH3 is 1. The SMILES string of the molecule is COc1ccc(CCNC(=O)COc2ccc(OCc3ccccc3)cc2)cc1. The van der Waals surface area contributed by atoms with E-state index in [0.717, 1.165) is 29.0 Å². The lowest BCUT2D eigenvalue weighted by atomic mass is 10.1. The quantitative estimate of drug-likeness (QED) is 0.567. The number of rotatable bonds is 10. The highest BCUT2D eigenvalue weighted by atomic mass is 16.5. The summed E-state index contributed by atoms with van der Waals surface area (Å²) in [5.74, 6) is 2.05. The average molecular weight is 391 g/mol. The number of ether oxygens (including phenoxy) is 3. The Morgan fingerprint density at radius 2 is 1.38 bits per heavy atom. The first-order chi connectivity index (χ1) is 14.2. The third-order valence-corrected chi connectivity index (χ3v) is 4.34. The first-order valence-electron chi connectivity index (χ1n) is 9.52. The van der Waals surface area contributed by atoms with E-state index in [1.807, 2.05) is 66.7 Å². The average Bonchev–Trinajstić information content (AvgIpc) is 2.78.